The molecule has 0 unspecified atom stereocenters. The summed E-state index contributed by atoms with van der Waals surface area (Å²) >= 11 is 1.68. The number of imidazole rings is 1. The quantitative estimate of drug-likeness (QED) is 0.718. The van der Waals surface area contributed by atoms with Crippen molar-refractivity contribution in [1.29, 1.82) is 0 Å². The van der Waals surface area contributed by atoms with Crippen LogP contribution in [-0.2, 0) is 6.54 Å². The lowest BCUT2D eigenvalue weighted by molar-refractivity contribution is 0.396. The van der Waals surface area contributed by atoms with Crippen molar-refractivity contribution in [2.45, 2.75) is 6.54 Å². The van der Waals surface area contributed by atoms with Crippen LogP contribution in [0.1, 0.15) is 5.69 Å². The van der Waals surface area contributed by atoms with Crippen molar-refractivity contribution in [3.63, 3.8) is 0 Å². The SMILES string of the molecule is CN(C)Cc1c(-c2ccccc2)nc2sccn12. The van der Waals surface area contributed by atoms with E-state index in [2.05, 4.69) is 59.2 Å². The van der Waals surface area contributed by atoms with E-state index >= 15 is 0 Å². The normalized spacial score (nSPS) is 11.5. The van der Waals surface area contributed by atoms with Crippen molar-refractivity contribution >= 4 is 16.3 Å². The number of fused-ring (bicyclic) bond motifs is 1. The van der Waals surface area contributed by atoms with Crippen LogP contribution in [-0.4, -0.2) is 28.4 Å². The van der Waals surface area contributed by atoms with E-state index in [0.717, 1.165) is 17.2 Å². The lowest BCUT2D eigenvalue weighted by Crippen LogP contribution is -2.12. The molecule has 2 aromatic heterocycles. The van der Waals surface area contributed by atoms with E-state index in [0.29, 0.717) is 0 Å². The molecule has 0 aliphatic rings. The number of thiazole rings is 1. The van der Waals surface area contributed by atoms with Gasteiger partial charge in [-0.1, -0.05) is 30.3 Å². The molecule has 0 saturated carbocycles. The van der Waals surface area contributed by atoms with E-state index in [9.17, 15) is 0 Å². The topological polar surface area (TPSA) is 20.5 Å². The van der Waals surface area contributed by atoms with Gasteiger partial charge in [-0.15, -0.1) is 11.3 Å². The van der Waals surface area contributed by atoms with Crippen LogP contribution in [0, 0.1) is 0 Å². The average molecular weight is 257 g/mol. The molecule has 4 heteroatoms. The standard InChI is InChI=1S/C14H15N3S/c1-16(2)10-12-13(11-6-4-3-5-7-11)15-14-17(12)8-9-18-14/h3-9H,10H2,1-2H3. The van der Waals surface area contributed by atoms with Gasteiger partial charge in [-0.25, -0.2) is 4.98 Å². The smallest absolute Gasteiger partial charge is 0.194 e. The van der Waals surface area contributed by atoms with Crippen LogP contribution < -0.4 is 0 Å². The number of hydrogen-bond acceptors (Lipinski definition) is 3. The van der Waals surface area contributed by atoms with Crippen LogP contribution in [0.3, 0.4) is 0 Å². The van der Waals surface area contributed by atoms with Crippen molar-refractivity contribution in [2.75, 3.05) is 14.1 Å². The van der Waals surface area contributed by atoms with Crippen molar-refractivity contribution in [2.24, 2.45) is 0 Å². The third-order valence-corrected chi connectivity index (χ3v) is 3.63. The Hall–Kier alpha value is -1.65. The van der Waals surface area contributed by atoms with Gasteiger partial charge in [-0.05, 0) is 14.1 Å². The number of benzene rings is 1. The largest absolute Gasteiger partial charge is 0.304 e. The number of aromatic nitrogens is 2. The molecular weight excluding hydrogens is 242 g/mol. The maximum Gasteiger partial charge on any atom is 0.194 e. The molecule has 0 radical (unpaired) electrons. The Morgan fingerprint density at radius 3 is 2.72 bits per heavy atom. The molecule has 0 amide bonds. The number of nitrogens with zero attached hydrogens (tertiary/aromatic N) is 3. The Morgan fingerprint density at radius 2 is 2.00 bits per heavy atom. The molecule has 0 spiro atoms. The minimum atomic E-state index is 0.891. The maximum absolute atomic E-state index is 4.75. The van der Waals surface area contributed by atoms with Gasteiger partial charge in [-0.2, -0.15) is 0 Å². The predicted octanol–water partition coefficient (Wildman–Crippen LogP) is 3.12. The molecule has 0 N–H and O–H groups in total. The number of rotatable bonds is 3. The minimum Gasteiger partial charge on any atom is -0.304 e. The summed E-state index contributed by atoms with van der Waals surface area (Å²) in [5.41, 5.74) is 3.53. The van der Waals surface area contributed by atoms with E-state index in [1.54, 1.807) is 11.3 Å². The first-order valence-electron chi connectivity index (χ1n) is 5.90. The van der Waals surface area contributed by atoms with E-state index in [4.69, 9.17) is 4.98 Å². The Balaban J connectivity index is 2.18. The Bertz CT molecular complexity index is 652. The summed E-state index contributed by atoms with van der Waals surface area (Å²) in [6.45, 7) is 0.891. The second kappa shape index (κ2) is 4.55. The highest BCUT2D eigenvalue weighted by molar-refractivity contribution is 7.15. The monoisotopic (exact) mass is 257 g/mol. The molecule has 3 rings (SSSR count). The van der Waals surface area contributed by atoms with Crippen LogP contribution in [0.5, 0.6) is 0 Å². The van der Waals surface area contributed by atoms with Crippen LogP contribution in [0.4, 0.5) is 0 Å². The minimum absolute atomic E-state index is 0.891. The highest BCUT2D eigenvalue weighted by atomic mass is 32.1. The molecule has 3 nitrogen and oxygen atoms in total. The van der Waals surface area contributed by atoms with E-state index in [-0.39, 0.29) is 0 Å². The van der Waals surface area contributed by atoms with Crippen LogP contribution in [0.15, 0.2) is 41.9 Å². The fraction of sp³-hybridized carbons (Fsp3) is 0.214. The zero-order valence-corrected chi connectivity index (χ0v) is 11.3. The summed E-state index contributed by atoms with van der Waals surface area (Å²) in [6, 6.07) is 10.4. The van der Waals surface area contributed by atoms with Gasteiger partial charge in [0.1, 0.15) is 0 Å². The molecule has 1 aromatic carbocycles. The zero-order valence-electron chi connectivity index (χ0n) is 10.5. The van der Waals surface area contributed by atoms with Gasteiger partial charge in [0.2, 0.25) is 0 Å². The first-order chi connectivity index (χ1) is 8.75. The molecule has 0 aliphatic carbocycles. The lowest BCUT2D eigenvalue weighted by atomic mass is 10.1. The Kier molecular flexibility index (Phi) is 2.89. The Labute approximate surface area is 110 Å². The summed E-state index contributed by atoms with van der Waals surface area (Å²) in [5.74, 6) is 0. The van der Waals surface area contributed by atoms with Crippen molar-refractivity contribution in [3.05, 3.63) is 47.6 Å². The third-order valence-electron chi connectivity index (χ3n) is 2.87. The highest BCUT2D eigenvalue weighted by Crippen LogP contribution is 2.27. The second-order valence-electron chi connectivity index (χ2n) is 4.57. The van der Waals surface area contributed by atoms with Gasteiger partial charge in [-0.3, -0.25) is 4.40 Å². The van der Waals surface area contributed by atoms with Crippen LogP contribution >= 0.6 is 11.3 Å². The van der Waals surface area contributed by atoms with Gasteiger partial charge in [0.15, 0.2) is 4.96 Å². The fourth-order valence-electron chi connectivity index (χ4n) is 2.11. The summed E-state index contributed by atoms with van der Waals surface area (Å²) in [5, 5.41) is 2.08. The summed E-state index contributed by atoms with van der Waals surface area (Å²) in [6.07, 6.45) is 2.10. The molecule has 2 heterocycles. The van der Waals surface area contributed by atoms with Gasteiger partial charge in [0.25, 0.3) is 0 Å². The average Bonchev–Trinajstić information content (AvgIpc) is 2.93. The first-order valence-corrected chi connectivity index (χ1v) is 6.78. The van der Waals surface area contributed by atoms with Gasteiger partial charge in [0.05, 0.1) is 11.4 Å². The first kappa shape index (κ1) is 11.4. The lowest BCUT2D eigenvalue weighted by Gasteiger charge is -2.10. The van der Waals surface area contributed by atoms with Gasteiger partial charge < -0.3 is 4.90 Å². The van der Waals surface area contributed by atoms with E-state index in [1.807, 2.05) is 6.07 Å². The number of hydrogen-bond donors (Lipinski definition) is 0. The predicted molar refractivity (Wildman–Crippen MR) is 75.9 cm³/mol. The van der Waals surface area contributed by atoms with Gasteiger partial charge >= 0.3 is 0 Å². The van der Waals surface area contributed by atoms with Crippen LogP contribution in [0.25, 0.3) is 16.2 Å². The highest BCUT2D eigenvalue weighted by Gasteiger charge is 2.14. The summed E-state index contributed by atoms with van der Waals surface area (Å²) in [7, 11) is 4.17. The maximum atomic E-state index is 4.75. The third kappa shape index (κ3) is 1.94. The molecule has 0 saturated heterocycles. The van der Waals surface area contributed by atoms with Crippen molar-refractivity contribution in [3.8, 4) is 11.3 Å². The summed E-state index contributed by atoms with van der Waals surface area (Å²) < 4.78 is 2.19. The van der Waals surface area contributed by atoms with Crippen molar-refractivity contribution in [1.82, 2.24) is 14.3 Å². The van der Waals surface area contributed by atoms with Gasteiger partial charge in [0, 0.05) is 23.7 Å². The molecule has 18 heavy (non-hydrogen) atoms. The Morgan fingerprint density at radius 1 is 1.22 bits per heavy atom. The molecular formula is C14H15N3S. The molecule has 3 aromatic rings. The second-order valence-corrected chi connectivity index (χ2v) is 5.44. The molecule has 0 bridgehead atoms. The van der Waals surface area contributed by atoms with Crippen molar-refractivity contribution < 1.29 is 0 Å². The molecule has 0 aliphatic heterocycles. The van der Waals surface area contributed by atoms with E-state index < -0.39 is 0 Å². The summed E-state index contributed by atoms with van der Waals surface area (Å²) in [4.78, 5) is 7.99. The zero-order chi connectivity index (χ0) is 12.5. The van der Waals surface area contributed by atoms with E-state index in [1.165, 1.54) is 11.3 Å². The van der Waals surface area contributed by atoms with Crippen LogP contribution in [0.2, 0.25) is 0 Å². The molecule has 0 fully saturated rings. The molecule has 92 valence electrons. The fourth-order valence-corrected chi connectivity index (χ4v) is 2.84. The molecule has 0 atom stereocenters.